The maximum atomic E-state index is 12.1. The van der Waals surface area contributed by atoms with Crippen molar-refractivity contribution in [3.63, 3.8) is 0 Å². The maximum absolute atomic E-state index is 12.1. The molecule has 0 aliphatic carbocycles. The van der Waals surface area contributed by atoms with E-state index in [0.717, 1.165) is 137 Å². The Balaban J connectivity index is 1.15. The zero-order chi connectivity index (χ0) is 53.0. The molecule has 0 bridgehead atoms. The van der Waals surface area contributed by atoms with Crippen LogP contribution in [0.3, 0.4) is 0 Å². The highest BCUT2D eigenvalue weighted by Crippen LogP contribution is 2.46. The molecule has 6 nitrogen and oxygen atoms in total. The predicted octanol–water partition coefficient (Wildman–Crippen LogP) is 18.5. The third-order valence-electron chi connectivity index (χ3n) is 15.9. The Kier molecular flexibility index (Phi) is 12.0. The van der Waals surface area contributed by atoms with Gasteiger partial charge < -0.3 is 13.7 Å². The molecule has 78 heavy (non-hydrogen) atoms. The van der Waals surface area contributed by atoms with Crippen LogP contribution in [0.4, 0.5) is 0 Å². The Morgan fingerprint density at radius 3 is 0.782 bits per heavy atom. The molecule has 0 atom stereocenters. The lowest BCUT2D eigenvalue weighted by Crippen LogP contribution is -2.14. The summed E-state index contributed by atoms with van der Waals surface area (Å²) in [6.45, 7) is 6.60. The second-order valence-corrected chi connectivity index (χ2v) is 20.6. The molecule has 10 aromatic carbocycles. The molecule has 0 fully saturated rings. The molecule has 3 aromatic heterocycles. The van der Waals surface area contributed by atoms with Crippen LogP contribution in [0.1, 0.15) is 73.4 Å². The van der Waals surface area contributed by atoms with Gasteiger partial charge in [0.2, 0.25) is 0 Å². The van der Waals surface area contributed by atoms with Gasteiger partial charge in [-0.1, -0.05) is 186 Å². The summed E-state index contributed by atoms with van der Waals surface area (Å²) in [5.41, 5.74) is 17.4. The summed E-state index contributed by atoms with van der Waals surface area (Å²) < 4.78 is 6.31. The van der Waals surface area contributed by atoms with E-state index in [-0.39, 0.29) is 16.7 Å². The van der Waals surface area contributed by atoms with Gasteiger partial charge in [-0.3, -0.25) is 0 Å². The molecule has 13 rings (SSSR count). The average molecular weight is 1000 g/mol. The van der Waals surface area contributed by atoms with Crippen LogP contribution >= 0.6 is 0 Å². The van der Waals surface area contributed by atoms with Gasteiger partial charge in [-0.15, -0.1) is 0 Å². The van der Waals surface area contributed by atoms with E-state index in [2.05, 4.69) is 216 Å². The standard InChI is InChI=1S/C72H54N6/c1-4-13-46-22-28-49(29-23-46)52-34-37-67-58(40-52)55-16-7-10-19-64(55)76(67)70-61(43-73)71(77-65-20-11-8-17-56(65)59-41-53(35-38-68(59)77)50-30-24-47(14-5-2)25-31-50)63(45-75)72(62(70)44-74)78-66-21-12-9-18-57(66)60-42-54(36-39-69(60)78)51-32-26-48(15-6-3)27-33-51/h7-12,16-42H,4-6,13-15H2,1-3H3. The Bertz CT molecular complexity index is 4160. The summed E-state index contributed by atoms with van der Waals surface area (Å²) in [5, 5.41) is 42.1. The molecule has 0 unspecified atom stereocenters. The largest absolute Gasteiger partial charge is 0.306 e. The van der Waals surface area contributed by atoms with E-state index < -0.39 is 0 Å². The van der Waals surface area contributed by atoms with Gasteiger partial charge in [-0.25, -0.2) is 0 Å². The summed E-state index contributed by atoms with van der Waals surface area (Å²) in [7, 11) is 0. The van der Waals surface area contributed by atoms with Crippen molar-refractivity contribution >= 4 is 65.4 Å². The van der Waals surface area contributed by atoms with Crippen LogP contribution in [-0.2, 0) is 19.3 Å². The highest BCUT2D eigenvalue weighted by Gasteiger charge is 2.33. The molecule has 0 saturated carbocycles. The molecule has 3 heterocycles. The van der Waals surface area contributed by atoms with Crippen molar-refractivity contribution in [3.05, 3.63) is 234 Å². The highest BCUT2D eigenvalue weighted by molar-refractivity contribution is 6.15. The fourth-order valence-corrected chi connectivity index (χ4v) is 12.3. The van der Waals surface area contributed by atoms with Crippen molar-refractivity contribution in [1.82, 2.24) is 13.7 Å². The Hall–Kier alpha value is -9.93. The fourth-order valence-electron chi connectivity index (χ4n) is 12.3. The number of nitrogens with zero attached hydrogens (tertiary/aromatic N) is 6. The molecule has 6 heteroatoms. The first-order chi connectivity index (χ1) is 38.4. The number of fused-ring (bicyclic) bond motifs is 9. The third-order valence-corrected chi connectivity index (χ3v) is 15.9. The topological polar surface area (TPSA) is 86.2 Å². The number of hydrogen-bond acceptors (Lipinski definition) is 3. The van der Waals surface area contributed by atoms with E-state index >= 15 is 0 Å². The van der Waals surface area contributed by atoms with Gasteiger partial charge in [-0.05, 0) is 124 Å². The third kappa shape index (κ3) is 7.66. The zero-order valence-electron chi connectivity index (χ0n) is 44.0. The molecule has 0 N–H and O–H groups in total. The summed E-state index contributed by atoms with van der Waals surface area (Å²) >= 11 is 0. The van der Waals surface area contributed by atoms with E-state index in [0.29, 0.717) is 17.1 Å². The summed E-state index contributed by atoms with van der Waals surface area (Å²) in [4.78, 5) is 0. The van der Waals surface area contributed by atoms with Gasteiger partial charge in [0, 0.05) is 32.3 Å². The van der Waals surface area contributed by atoms with Crippen molar-refractivity contribution < 1.29 is 0 Å². The van der Waals surface area contributed by atoms with Crippen LogP contribution in [0.5, 0.6) is 0 Å². The normalized spacial score (nSPS) is 11.5. The number of rotatable bonds is 12. The van der Waals surface area contributed by atoms with Crippen molar-refractivity contribution in [2.24, 2.45) is 0 Å². The fraction of sp³-hybridized carbons (Fsp3) is 0.125. The van der Waals surface area contributed by atoms with Crippen molar-refractivity contribution in [2.45, 2.75) is 59.3 Å². The SMILES string of the molecule is CCCc1ccc(-c2ccc3c(c2)c2ccccc2n3-c2c(C#N)c(-n3c4ccccc4c4cc(-c5ccc(CCC)cc5)ccc43)c(C#N)c(-n3c4ccccc4c4cc(-c5ccc(CCC)cc5)ccc43)c2C#N)cc1. The first-order valence-corrected chi connectivity index (χ1v) is 27.3. The van der Waals surface area contributed by atoms with Crippen LogP contribution in [0, 0.1) is 34.0 Å². The highest BCUT2D eigenvalue weighted by atomic mass is 15.1. The summed E-state index contributed by atoms with van der Waals surface area (Å²) in [6.07, 6.45) is 6.31. The lowest BCUT2D eigenvalue weighted by atomic mass is 9.96. The molecule has 0 saturated heterocycles. The van der Waals surface area contributed by atoms with Gasteiger partial charge >= 0.3 is 0 Å². The van der Waals surface area contributed by atoms with Gasteiger partial charge in [0.05, 0.1) is 50.2 Å². The number of aryl methyl sites for hydroxylation is 3. The quantitative estimate of drug-likeness (QED) is 0.122. The van der Waals surface area contributed by atoms with Crippen molar-refractivity contribution in [3.8, 4) is 68.7 Å². The number of hydrogen-bond donors (Lipinski definition) is 0. The predicted molar refractivity (Wildman–Crippen MR) is 322 cm³/mol. The van der Waals surface area contributed by atoms with E-state index in [9.17, 15) is 15.8 Å². The summed E-state index contributed by atoms with van der Waals surface area (Å²) in [6, 6.07) is 78.7. The van der Waals surface area contributed by atoms with Crippen LogP contribution in [0.15, 0.2) is 200 Å². The number of para-hydroxylation sites is 3. The zero-order valence-corrected chi connectivity index (χ0v) is 44.0. The van der Waals surface area contributed by atoms with E-state index in [1.54, 1.807) is 0 Å². The minimum Gasteiger partial charge on any atom is -0.306 e. The minimum absolute atomic E-state index is 0.220. The second kappa shape index (κ2) is 19.6. The molecule has 0 aliphatic rings. The number of benzene rings is 10. The number of aromatic nitrogens is 3. The van der Waals surface area contributed by atoms with Gasteiger partial charge in [0.1, 0.15) is 34.9 Å². The van der Waals surface area contributed by atoms with Crippen molar-refractivity contribution in [2.75, 3.05) is 0 Å². The lowest BCUT2D eigenvalue weighted by Gasteiger charge is -2.23. The van der Waals surface area contributed by atoms with Gasteiger partial charge in [0.25, 0.3) is 0 Å². The maximum Gasteiger partial charge on any atom is 0.104 e. The van der Waals surface area contributed by atoms with E-state index in [1.807, 2.05) is 36.4 Å². The monoisotopic (exact) mass is 1000 g/mol. The lowest BCUT2D eigenvalue weighted by molar-refractivity contribution is 0.922. The molecule has 0 radical (unpaired) electrons. The molecule has 13 aromatic rings. The molecule has 0 spiro atoms. The Morgan fingerprint density at radius 1 is 0.282 bits per heavy atom. The first kappa shape index (κ1) is 47.8. The van der Waals surface area contributed by atoms with E-state index in [4.69, 9.17) is 0 Å². The molecule has 372 valence electrons. The van der Waals surface area contributed by atoms with Crippen LogP contribution < -0.4 is 0 Å². The first-order valence-electron chi connectivity index (χ1n) is 27.3. The molecule has 0 amide bonds. The van der Waals surface area contributed by atoms with Gasteiger partial charge in [0.15, 0.2) is 0 Å². The molecular formula is C72H54N6. The smallest absolute Gasteiger partial charge is 0.104 e. The Morgan fingerprint density at radius 2 is 0.526 bits per heavy atom. The Labute approximate surface area is 454 Å². The molecular weight excluding hydrogens is 949 g/mol. The van der Waals surface area contributed by atoms with Crippen LogP contribution in [-0.4, -0.2) is 13.7 Å². The minimum atomic E-state index is 0.220. The van der Waals surface area contributed by atoms with Crippen LogP contribution in [0.2, 0.25) is 0 Å². The van der Waals surface area contributed by atoms with E-state index in [1.165, 1.54) is 16.7 Å². The number of nitriles is 3. The average Bonchev–Trinajstić information content (AvgIpc) is 4.16. The summed E-state index contributed by atoms with van der Waals surface area (Å²) in [5.74, 6) is 0. The molecule has 0 aliphatic heterocycles. The van der Waals surface area contributed by atoms with Crippen molar-refractivity contribution in [1.29, 1.82) is 15.8 Å². The van der Waals surface area contributed by atoms with Crippen LogP contribution in [0.25, 0.3) is 116 Å². The second-order valence-electron chi connectivity index (χ2n) is 20.6. The van der Waals surface area contributed by atoms with Gasteiger partial charge in [-0.2, -0.15) is 15.8 Å².